The molecule has 14 heavy (non-hydrogen) atoms. The molecular weight excluding hydrogens is 174 g/mol. The van der Waals surface area contributed by atoms with Crippen LogP contribution >= 0.6 is 0 Å². The van der Waals surface area contributed by atoms with Gasteiger partial charge in [-0.05, 0) is 31.2 Å². The van der Waals surface area contributed by atoms with Gasteiger partial charge in [0.05, 0.1) is 0 Å². The van der Waals surface area contributed by atoms with Crippen molar-refractivity contribution in [3.05, 3.63) is 0 Å². The number of hydrogen-bond acceptors (Lipinski definition) is 2. The molecule has 0 aromatic rings. The van der Waals surface area contributed by atoms with Crippen molar-refractivity contribution in [1.29, 1.82) is 0 Å². The Bertz CT molecular complexity index is 132. The maximum absolute atomic E-state index is 5.27. The summed E-state index contributed by atoms with van der Waals surface area (Å²) in [6.45, 7) is 15.1. The fraction of sp³-hybridized carbons (Fsp3) is 1.00. The third kappa shape index (κ3) is 6.39. The van der Waals surface area contributed by atoms with E-state index in [-0.39, 0.29) is 0 Å². The molecule has 0 aliphatic heterocycles. The summed E-state index contributed by atoms with van der Waals surface area (Å²) in [5, 5.41) is 3.49. The maximum Gasteiger partial charge on any atom is 0.0477 e. The summed E-state index contributed by atoms with van der Waals surface area (Å²) >= 11 is 0. The summed E-state index contributed by atoms with van der Waals surface area (Å²) in [6.07, 6.45) is 1.11. The lowest BCUT2D eigenvalue weighted by Gasteiger charge is -2.29. The molecular formula is C12H27NO. The molecule has 0 spiro atoms. The highest BCUT2D eigenvalue weighted by Gasteiger charge is 2.21. The molecule has 0 rings (SSSR count). The third-order valence-corrected chi connectivity index (χ3v) is 2.99. The Kier molecular flexibility index (Phi) is 7.20. The molecule has 0 atom stereocenters. The van der Waals surface area contributed by atoms with E-state index < -0.39 is 0 Å². The van der Waals surface area contributed by atoms with Crippen molar-refractivity contribution < 1.29 is 4.74 Å². The predicted molar refractivity (Wildman–Crippen MR) is 62.6 cm³/mol. The summed E-state index contributed by atoms with van der Waals surface area (Å²) in [4.78, 5) is 0. The monoisotopic (exact) mass is 201 g/mol. The Morgan fingerprint density at radius 1 is 1.29 bits per heavy atom. The molecule has 86 valence electrons. The van der Waals surface area contributed by atoms with Crippen molar-refractivity contribution in [2.75, 3.05) is 26.3 Å². The molecule has 1 N–H and O–H groups in total. The fourth-order valence-corrected chi connectivity index (χ4v) is 1.06. The second-order valence-electron chi connectivity index (χ2n) is 4.87. The van der Waals surface area contributed by atoms with Gasteiger partial charge in [-0.2, -0.15) is 0 Å². The van der Waals surface area contributed by atoms with Crippen molar-refractivity contribution >= 4 is 0 Å². The Morgan fingerprint density at radius 2 is 1.93 bits per heavy atom. The number of rotatable bonds is 8. The molecule has 0 amide bonds. The van der Waals surface area contributed by atoms with Gasteiger partial charge < -0.3 is 10.1 Å². The van der Waals surface area contributed by atoms with Crippen molar-refractivity contribution in [3.8, 4) is 0 Å². The van der Waals surface area contributed by atoms with Crippen LogP contribution in [0.25, 0.3) is 0 Å². The van der Waals surface area contributed by atoms with E-state index in [4.69, 9.17) is 4.74 Å². The van der Waals surface area contributed by atoms with E-state index in [9.17, 15) is 0 Å². The average molecular weight is 201 g/mol. The molecule has 0 radical (unpaired) electrons. The first kappa shape index (κ1) is 13.9. The Hall–Kier alpha value is -0.0800. The van der Waals surface area contributed by atoms with Crippen molar-refractivity contribution in [1.82, 2.24) is 5.32 Å². The second kappa shape index (κ2) is 7.24. The normalized spacial score (nSPS) is 12.4. The summed E-state index contributed by atoms with van der Waals surface area (Å²) < 4.78 is 5.27. The number of nitrogens with one attached hydrogen (secondary N) is 1. The van der Waals surface area contributed by atoms with Crippen molar-refractivity contribution in [3.63, 3.8) is 0 Å². The fourth-order valence-electron chi connectivity index (χ4n) is 1.06. The molecule has 0 unspecified atom stereocenters. The largest absolute Gasteiger partial charge is 0.382 e. The van der Waals surface area contributed by atoms with E-state index in [1.165, 1.54) is 0 Å². The summed E-state index contributed by atoms with van der Waals surface area (Å²) in [7, 11) is 0. The van der Waals surface area contributed by atoms with Gasteiger partial charge in [0.15, 0.2) is 0 Å². The molecule has 0 heterocycles. The highest BCUT2D eigenvalue weighted by Crippen LogP contribution is 2.24. The van der Waals surface area contributed by atoms with Crippen LogP contribution in [0.1, 0.15) is 41.0 Å². The van der Waals surface area contributed by atoms with E-state index >= 15 is 0 Å². The van der Waals surface area contributed by atoms with Gasteiger partial charge in [0, 0.05) is 19.8 Å². The van der Waals surface area contributed by atoms with E-state index in [0.29, 0.717) is 5.41 Å². The lowest BCUT2D eigenvalue weighted by Crippen LogP contribution is -2.34. The quantitative estimate of drug-likeness (QED) is 0.610. The predicted octanol–water partition coefficient (Wildman–Crippen LogP) is 2.68. The Morgan fingerprint density at radius 3 is 2.43 bits per heavy atom. The van der Waals surface area contributed by atoms with Gasteiger partial charge in [0.25, 0.3) is 0 Å². The Labute approximate surface area is 89.4 Å². The van der Waals surface area contributed by atoms with E-state index in [1.54, 1.807) is 0 Å². The minimum atomic E-state index is 0.394. The standard InChI is InChI=1S/C12H27NO/c1-6-14-9-7-8-13-10-12(4,5)11(2)3/h11,13H,6-10H2,1-5H3. The lowest BCUT2D eigenvalue weighted by molar-refractivity contribution is 0.143. The van der Waals surface area contributed by atoms with Crippen molar-refractivity contribution in [2.45, 2.75) is 41.0 Å². The summed E-state index contributed by atoms with van der Waals surface area (Å²) in [5.74, 6) is 0.724. The minimum absolute atomic E-state index is 0.394. The van der Waals surface area contributed by atoms with Gasteiger partial charge in [-0.3, -0.25) is 0 Å². The first-order valence-electron chi connectivity index (χ1n) is 5.79. The number of hydrogen-bond donors (Lipinski definition) is 1. The molecule has 0 aliphatic rings. The molecule has 0 aromatic carbocycles. The van der Waals surface area contributed by atoms with Crippen LogP contribution in [0.2, 0.25) is 0 Å². The SMILES string of the molecule is CCOCCCNCC(C)(C)C(C)C. The van der Waals surface area contributed by atoms with Crippen LogP contribution in [0.15, 0.2) is 0 Å². The molecule has 0 saturated carbocycles. The second-order valence-corrected chi connectivity index (χ2v) is 4.87. The molecule has 2 nitrogen and oxygen atoms in total. The molecule has 0 aliphatic carbocycles. The molecule has 0 saturated heterocycles. The average Bonchev–Trinajstić information content (AvgIpc) is 2.10. The number of ether oxygens (including phenoxy) is 1. The molecule has 0 bridgehead atoms. The minimum Gasteiger partial charge on any atom is -0.382 e. The summed E-state index contributed by atoms with van der Waals surface area (Å²) in [6, 6.07) is 0. The van der Waals surface area contributed by atoms with Crippen LogP contribution in [0, 0.1) is 11.3 Å². The summed E-state index contributed by atoms with van der Waals surface area (Å²) in [5.41, 5.74) is 0.394. The van der Waals surface area contributed by atoms with E-state index in [1.807, 2.05) is 6.92 Å². The zero-order chi connectivity index (χ0) is 11.0. The van der Waals surface area contributed by atoms with Crippen LogP contribution in [0.5, 0.6) is 0 Å². The third-order valence-electron chi connectivity index (χ3n) is 2.99. The van der Waals surface area contributed by atoms with Gasteiger partial charge in [-0.25, -0.2) is 0 Å². The first-order valence-corrected chi connectivity index (χ1v) is 5.79. The molecule has 0 fully saturated rings. The van der Waals surface area contributed by atoms with Gasteiger partial charge in [-0.1, -0.05) is 27.7 Å². The molecule has 2 heteroatoms. The van der Waals surface area contributed by atoms with Gasteiger partial charge in [0.2, 0.25) is 0 Å². The highest BCUT2D eigenvalue weighted by molar-refractivity contribution is 4.74. The van der Waals surface area contributed by atoms with Gasteiger partial charge in [0.1, 0.15) is 0 Å². The van der Waals surface area contributed by atoms with Crippen LogP contribution in [-0.2, 0) is 4.74 Å². The van der Waals surface area contributed by atoms with Crippen LogP contribution in [-0.4, -0.2) is 26.3 Å². The lowest BCUT2D eigenvalue weighted by atomic mass is 9.81. The first-order chi connectivity index (χ1) is 6.50. The zero-order valence-electron chi connectivity index (χ0n) is 10.5. The highest BCUT2D eigenvalue weighted by atomic mass is 16.5. The van der Waals surface area contributed by atoms with Crippen LogP contribution in [0.4, 0.5) is 0 Å². The van der Waals surface area contributed by atoms with Gasteiger partial charge >= 0.3 is 0 Å². The van der Waals surface area contributed by atoms with E-state index in [0.717, 1.165) is 38.6 Å². The molecule has 0 aromatic heterocycles. The Balaban J connectivity index is 3.35. The van der Waals surface area contributed by atoms with Crippen LogP contribution in [0.3, 0.4) is 0 Å². The topological polar surface area (TPSA) is 21.3 Å². The van der Waals surface area contributed by atoms with Gasteiger partial charge in [-0.15, -0.1) is 0 Å². The smallest absolute Gasteiger partial charge is 0.0477 e. The maximum atomic E-state index is 5.27. The van der Waals surface area contributed by atoms with Crippen molar-refractivity contribution in [2.24, 2.45) is 11.3 Å². The van der Waals surface area contributed by atoms with E-state index in [2.05, 4.69) is 33.0 Å². The van der Waals surface area contributed by atoms with Crippen LogP contribution < -0.4 is 5.32 Å². The zero-order valence-corrected chi connectivity index (χ0v) is 10.5.